The second kappa shape index (κ2) is 6.50. The number of esters is 1. The smallest absolute Gasteiger partial charge is 0.333 e. The number of hydrogen-bond donors (Lipinski definition) is 0. The fourth-order valence-electron chi connectivity index (χ4n) is 0.449. The molecule has 11 heavy (non-hydrogen) atoms. The molecule has 64 valence electrons. The summed E-state index contributed by atoms with van der Waals surface area (Å²) < 4.78 is 4.68. The van der Waals surface area contributed by atoms with Crippen LogP contribution in [0.4, 0.5) is 0 Å². The number of alkyl halides is 2. The topological polar surface area (TPSA) is 26.3 Å². The fourth-order valence-corrected chi connectivity index (χ4v) is 0.755. The summed E-state index contributed by atoms with van der Waals surface area (Å²) in [5, 5.41) is 0. The molecule has 0 heterocycles. The van der Waals surface area contributed by atoms with Crippen LogP contribution in [0.25, 0.3) is 0 Å². The fraction of sp³-hybridized carbons (Fsp3) is 0.571. The Hall–Kier alpha value is -0.210. The number of rotatable bonds is 5. The van der Waals surface area contributed by atoms with Crippen molar-refractivity contribution >= 4 is 29.2 Å². The molecule has 0 unspecified atom stereocenters. The highest BCUT2D eigenvalue weighted by Gasteiger charge is 2.06. The van der Waals surface area contributed by atoms with E-state index in [0.29, 0.717) is 23.8 Å². The van der Waals surface area contributed by atoms with Gasteiger partial charge in [0.15, 0.2) is 0 Å². The highest BCUT2D eigenvalue weighted by molar-refractivity contribution is 6.18. The molecular formula is C7H10Cl2O2. The van der Waals surface area contributed by atoms with Crippen molar-refractivity contribution < 1.29 is 9.53 Å². The van der Waals surface area contributed by atoms with Crippen LogP contribution in [0.15, 0.2) is 12.2 Å². The molecule has 0 amide bonds. The molecule has 0 aliphatic rings. The van der Waals surface area contributed by atoms with Crippen LogP contribution in [0.5, 0.6) is 0 Å². The van der Waals surface area contributed by atoms with Crippen molar-refractivity contribution in [3.05, 3.63) is 12.2 Å². The molecule has 2 nitrogen and oxygen atoms in total. The van der Waals surface area contributed by atoms with Crippen molar-refractivity contribution in [2.75, 3.05) is 18.4 Å². The van der Waals surface area contributed by atoms with Gasteiger partial charge in [0.05, 0.1) is 5.88 Å². The molecule has 0 rings (SSSR count). The number of halogens is 2. The molecule has 0 saturated carbocycles. The monoisotopic (exact) mass is 196 g/mol. The van der Waals surface area contributed by atoms with E-state index < -0.39 is 5.97 Å². The third-order valence-corrected chi connectivity index (χ3v) is 1.34. The van der Waals surface area contributed by atoms with Crippen molar-refractivity contribution in [2.24, 2.45) is 0 Å². The van der Waals surface area contributed by atoms with Crippen molar-refractivity contribution in [3.8, 4) is 0 Å². The largest absolute Gasteiger partial charge is 0.461 e. The summed E-state index contributed by atoms with van der Waals surface area (Å²) in [5.74, 6) is 0.278. The summed E-state index contributed by atoms with van der Waals surface area (Å²) in [6.07, 6.45) is 0.461. The van der Waals surface area contributed by atoms with E-state index in [0.717, 1.165) is 0 Å². The lowest BCUT2D eigenvalue weighted by molar-refractivity contribution is -0.138. The molecule has 0 bridgehead atoms. The number of ether oxygens (including phenoxy) is 1. The Balaban J connectivity index is 3.56. The SMILES string of the molecule is C=C(CCCl)C(=O)OCCCl. The van der Waals surface area contributed by atoms with Crippen molar-refractivity contribution in [1.29, 1.82) is 0 Å². The maximum Gasteiger partial charge on any atom is 0.333 e. The lowest BCUT2D eigenvalue weighted by Gasteiger charge is -2.02. The summed E-state index contributed by atoms with van der Waals surface area (Å²) in [6.45, 7) is 3.72. The predicted octanol–water partition coefficient (Wildman–Crippen LogP) is 1.95. The molecule has 0 spiro atoms. The quantitative estimate of drug-likeness (QED) is 0.382. The van der Waals surface area contributed by atoms with E-state index in [4.69, 9.17) is 23.2 Å². The lowest BCUT2D eigenvalue weighted by Crippen LogP contribution is -2.09. The normalized spacial score (nSPS) is 9.27. The molecule has 0 N–H and O–H groups in total. The molecule has 0 aliphatic heterocycles. The van der Waals surface area contributed by atoms with Gasteiger partial charge in [0.25, 0.3) is 0 Å². The average molecular weight is 197 g/mol. The van der Waals surface area contributed by atoms with Gasteiger partial charge in [-0.1, -0.05) is 6.58 Å². The molecular weight excluding hydrogens is 187 g/mol. The Morgan fingerprint density at radius 1 is 1.36 bits per heavy atom. The van der Waals surface area contributed by atoms with E-state index in [-0.39, 0.29) is 6.61 Å². The molecule has 0 aliphatic carbocycles. The third-order valence-electron chi connectivity index (χ3n) is 0.995. The highest BCUT2D eigenvalue weighted by Crippen LogP contribution is 2.02. The Morgan fingerprint density at radius 3 is 2.45 bits per heavy atom. The second-order valence-electron chi connectivity index (χ2n) is 1.87. The van der Waals surface area contributed by atoms with Gasteiger partial charge in [0.1, 0.15) is 6.61 Å². The van der Waals surface area contributed by atoms with Gasteiger partial charge in [0.2, 0.25) is 0 Å². The van der Waals surface area contributed by atoms with E-state index in [9.17, 15) is 4.79 Å². The standard InChI is InChI=1S/C7H10Cl2O2/c1-6(2-3-8)7(10)11-5-4-9/h1-5H2. The van der Waals surface area contributed by atoms with Gasteiger partial charge in [0, 0.05) is 11.5 Å². The van der Waals surface area contributed by atoms with Crippen LogP contribution in [0, 0.1) is 0 Å². The van der Waals surface area contributed by atoms with E-state index in [2.05, 4.69) is 11.3 Å². The Labute approximate surface area is 76.1 Å². The summed E-state index contributed by atoms with van der Waals surface area (Å²) >= 11 is 10.7. The Bertz CT molecular complexity index is 145. The molecule has 0 aromatic carbocycles. The summed E-state index contributed by atoms with van der Waals surface area (Å²) in [4.78, 5) is 10.9. The van der Waals surface area contributed by atoms with Gasteiger partial charge in [-0.3, -0.25) is 0 Å². The number of carbonyl (C=O) groups is 1. The number of carbonyl (C=O) groups excluding carboxylic acids is 1. The first-order valence-corrected chi connectivity index (χ1v) is 4.26. The molecule has 0 fully saturated rings. The van der Waals surface area contributed by atoms with Crippen LogP contribution in [0.1, 0.15) is 6.42 Å². The molecule has 0 radical (unpaired) electrons. The Morgan fingerprint density at radius 2 is 2.00 bits per heavy atom. The van der Waals surface area contributed by atoms with Gasteiger partial charge in [-0.05, 0) is 6.42 Å². The van der Waals surface area contributed by atoms with Crippen LogP contribution in [0.2, 0.25) is 0 Å². The minimum atomic E-state index is -0.411. The zero-order chi connectivity index (χ0) is 8.69. The van der Waals surface area contributed by atoms with Crippen molar-refractivity contribution in [3.63, 3.8) is 0 Å². The van der Waals surface area contributed by atoms with E-state index in [1.165, 1.54) is 0 Å². The van der Waals surface area contributed by atoms with Gasteiger partial charge in [-0.2, -0.15) is 0 Å². The van der Waals surface area contributed by atoms with Crippen molar-refractivity contribution in [1.82, 2.24) is 0 Å². The first-order chi connectivity index (χ1) is 5.22. The number of hydrogen-bond acceptors (Lipinski definition) is 2. The summed E-state index contributed by atoms with van der Waals surface area (Å²) in [5.41, 5.74) is 0.394. The first kappa shape index (κ1) is 10.8. The van der Waals surface area contributed by atoms with E-state index >= 15 is 0 Å². The second-order valence-corrected chi connectivity index (χ2v) is 2.62. The van der Waals surface area contributed by atoms with Crippen LogP contribution >= 0.6 is 23.2 Å². The van der Waals surface area contributed by atoms with Gasteiger partial charge >= 0.3 is 5.97 Å². The van der Waals surface area contributed by atoms with Crippen molar-refractivity contribution in [2.45, 2.75) is 6.42 Å². The molecule has 0 saturated heterocycles. The molecule has 4 heteroatoms. The maximum absolute atomic E-state index is 10.9. The average Bonchev–Trinajstić information content (AvgIpc) is 2.00. The van der Waals surface area contributed by atoms with E-state index in [1.54, 1.807) is 0 Å². The lowest BCUT2D eigenvalue weighted by atomic mass is 10.2. The Kier molecular flexibility index (Phi) is 6.37. The van der Waals surface area contributed by atoms with Crippen LogP contribution < -0.4 is 0 Å². The summed E-state index contributed by atoms with van der Waals surface area (Å²) in [7, 11) is 0. The van der Waals surface area contributed by atoms with Gasteiger partial charge in [-0.15, -0.1) is 23.2 Å². The molecule has 0 aromatic rings. The van der Waals surface area contributed by atoms with E-state index in [1.807, 2.05) is 0 Å². The minimum absolute atomic E-state index is 0.224. The predicted molar refractivity (Wildman–Crippen MR) is 46.2 cm³/mol. The molecule has 0 aromatic heterocycles. The van der Waals surface area contributed by atoms with Crippen LogP contribution in [-0.4, -0.2) is 24.3 Å². The zero-order valence-corrected chi connectivity index (χ0v) is 7.62. The maximum atomic E-state index is 10.9. The van der Waals surface area contributed by atoms with Gasteiger partial charge < -0.3 is 4.74 Å². The third kappa shape index (κ3) is 5.10. The first-order valence-electron chi connectivity index (χ1n) is 3.19. The summed E-state index contributed by atoms with van der Waals surface area (Å²) in [6, 6.07) is 0. The zero-order valence-electron chi connectivity index (χ0n) is 6.11. The van der Waals surface area contributed by atoms with Gasteiger partial charge in [-0.25, -0.2) is 4.79 Å². The molecule has 0 atom stereocenters. The van der Waals surface area contributed by atoms with Crippen LogP contribution in [0.3, 0.4) is 0 Å². The minimum Gasteiger partial charge on any atom is -0.461 e. The van der Waals surface area contributed by atoms with Crippen LogP contribution in [-0.2, 0) is 9.53 Å². The highest BCUT2D eigenvalue weighted by atomic mass is 35.5.